The molecule has 106 valence electrons. The number of carbonyl (C=O) groups is 1. The van der Waals surface area contributed by atoms with Gasteiger partial charge in [-0.05, 0) is 25.5 Å². The predicted molar refractivity (Wildman–Crippen MR) is 73.1 cm³/mol. The van der Waals surface area contributed by atoms with Gasteiger partial charge >= 0.3 is 6.61 Å². The number of carbonyl (C=O) groups excluding carboxylic acids is 1. The number of rotatable bonds is 7. The summed E-state index contributed by atoms with van der Waals surface area (Å²) in [7, 11) is 0. The molecule has 0 saturated carbocycles. The molecule has 0 aromatic heterocycles. The van der Waals surface area contributed by atoms with Gasteiger partial charge in [0.05, 0.1) is 5.56 Å². The van der Waals surface area contributed by atoms with Gasteiger partial charge in [0.15, 0.2) is 0 Å². The van der Waals surface area contributed by atoms with Crippen molar-refractivity contribution in [1.29, 1.82) is 0 Å². The van der Waals surface area contributed by atoms with E-state index in [1.165, 1.54) is 12.1 Å². The molecule has 0 aliphatic heterocycles. The summed E-state index contributed by atoms with van der Waals surface area (Å²) in [6.07, 6.45) is 0.803. The summed E-state index contributed by atoms with van der Waals surface area (Å²) in [5.41, 5.74) is 0.166. The second kappa shape index (κ2) is 8.09. The molecule has 0 saturated heterocycles. The van der Waals surface area contributed by atoms with Crippen LogP contribution in [0.5, 0.6) is 5.75 Å². The van der Waals surface area contributed by atoms with E-state index in [-0.39, 0.29) is 17.2 Å². The molecule has 6 heteroatoms. The van der Waals surface area contributed by atoms with Crippen molar-refractivity contribution < 1.29 is 18.3 Å². The van der Waals surface area contributed by atoms with Crippen LogP contribution in [0.15, 0.2) is 24.3 Å². The lowest BCUT2D eigenvalue weighted by molar-refractivity contribution is -0.0502. The van der Waals surface area contributed by atoms with Crippen molar-refractivity contribution in [3.63, 3.8) is 0 Å². The van der Waals surface area contributed by atoms with Crippen LogP contribution in [0.4, 0.5) is 8.78 Å². The minimum atomic E-state index is -2.94. The van der Waals surface area contributed by atoms with Gasteiger partial charge < -0.3 is 9.64 Å². The summed E-state index contributed by atoms with van der Waals surface area (Å²) in [5.74, 6) is -0.375. The molecule has 0 aliphatic carbocycles. The maximum Gasteiger partial charge on any atom is 0.387 e. The van der Waals surface area contributed by atoms with Crippen LogP contribution in [0.3, 0.4) is 0 Å². The molecular weight excluding hydrogens is 320 g/mol. The van der Waals surface area contributed by atoms with E-state index < -0.39 is 6.61 Å². The lowest BCUT2D eigenvalue weighted by Gasteiger charge is -2.21. The van der Waals surface area contributed by atoms with Crippen LogP contribution in [0.1, 0.15) is 23.7 Å². The molecule has 0 radical (unpaired) electrons. The monoisotopic (exact) mass is 335 g/mol. The summed E-state index contributed by atoms with van der Waals surface area (Å²) < 4.78 is 29.0. The third kappa shape index (κ3) is 4.78. The highest BCUT2D eigenvalue weighted by Crippen LogP contribution is 2.22. The Balaban J connectivity index is 2.90. The van der Waals surface area contributed by atoms with Crippen LogP contribution in [0, 0.1) is 0 Å². The predicted octanol–water partition coefficient (Wildman–Crippen LogP) is 3.54. The summed E-state index contributed by atoms with van der Waals surface area (Å²) in [6, 6.07) is 6.06. The van der Waals surface area contributed by atoms with Crippen molar-refractivity contribution >= 4 is 21.8 Å². The van der Waals surface area contributed by atoms with Crippen LogP contribution in [0.25, 0.3) is 0 Å². The second-order valence-electron chi connectivity index (χ2n) is 3.80. The number of nitrogens with zero attached hydrogens (tertiary/aromatic N) is 1. The van der Waals surface area contributed by atoms with Gasteiger partial charge in [0.1, 0.15) is 5.75 Å². The molecular formula is C13H16BrF2NO2. The molecule has 0 fully saturated rings. The Morgan fingerprint density at radius 3 is 2.68 bits per heavy atom. The van der Waals surface area contributed by atoms with Crippen LogP contribution in [0.2, 0.25) is 0 Å². The Labute approximate surface area is 119 Å². The third-order valence-corrected chi connectivity index (χ3v) is 3.12. The lowest BCUT2D eigenvalue weighted by Crippen LogP contribution is -2.32. The molecule has 1 aromatic carbocycles. The Hall–Kier alpha value is -1.17. The van der Waals surface area contributed by atoms with Gasteiger partial charge in [0.25, 0.3) is 5.91 Å². The number of benzene rings is 1. The minimum Gasteiger partial charge on any atom is -0.434 e. The molecule has 0 unspecified atom stereocenters. The zero-order chi connectivity index (χ0) is 14.3. The van der Waals surface area contributed by atoms with Crippen LogP contribution < -0.4 is 4.74 Å². The highest BCUT2D eigenvalue weighted by atomic mass is 79.9. The second-order valence-corrected chi connectivity index (χ2v) is 4.60. The van der Waals surface area contributed by atoms with Gasteiger partial charge in [-0.3, -0.25) is 4.79 Å². The molecule has 1 amide bonds. The van der Waals surface area contributed by atoms with E-state index in [1.54, 1.807) is 17.0 Å². The van der Waals surface area contributed by atoms with Crippen molar-refractivity contribution in [1.82, 2.24) is 4.90 Å². The molecule has 0 aliphatic rings. The number of para-hydroxylation sites is 1. The zero-order valence-electron chi connectivity index (χ0n) is 10.6. The topological polar surface area (TPSA) is 29.5 Å². The number of halogens is 3. The first-order chi connectivity index (χ1) is 9.10. The maximum absolute atomic E-state index is 12.3. The van der Waals surface area contributed by atoms with Gasteiger partial charge in [0.2, 0.25) is 0 Å². The first kappa shape index (κ1) is 15.9. The number of ether oxygens (including phenoxy) is 1. The Bertz CT molecular complexity index is 415. The summed E-state index contributed by atoms with van der Waals surface area (Å²) in [5, 5.41) is 0.784. The zero-order valence-corrected chi connectivity index (χ0v) is 12.2. The minimum absolute atomic E-state index is 0.0835. The molecule has 3 nitrogen and oxygen atoms in total. The summed E-state index contributed by atoms with van der Waals surface area (Å²) in [4.78, 5) is 13.9. The van der Waals surface area contributed by atoms with E-state index >= 15 is 0 Å². The molecule has 0 spiro atoms. The van der Waals surface area contributed by atoms with Crippen LogP contribution in [-0.2, 0) is 0 Å². The molecule has 0 heterocycles. The average Bonchev–Trinajstić information content (AvgIpc) is 2.39. The number of alkyl halides is 3. The van der Waals surface area contributed by atoms with Crippen LogP contribution >= 0.6 is 15.9 Å². The molecule has 0 bridgehead atoms. The largest absolute Gasteiger partial charge is 0.434 e. The Kier molecular flexibility index (Phi) is 6.77. The smallest absolute Gasteiger partial charge is 0.387 e. The highest BCUT2D eigenvalue weighted by molar-refractivity contribution is 9.09. The lowest BCUT2D eigenvalue weighted by atomic mass is 10.1. The van der Waals surface area contributed by atoms with E-state index in [1.807, 2.05) is 6.92 Å². The van der Waals surface area contributed by atoms with E-state index in [0.29, 0.717) is 13.1 Å². The van der Waals surface area contributed by atoms with Gasteiger partial charge in [-0.15, -0.1) is 0 Å². The standard InChI is InChI=1S/C13H16BrF2NO2/c1-2-17(9-5-8-14)12(18)10-6-3-4-7-11(10)19-13(15)16/h3-4,6-7,13H,2,5,8-9H2,1H3. The SMILES string of the molecule is CCN(CCCBr)C(=O)c1ccccc1OC(F)F. The van der Waals surface area contributed by atoms with Gasteiger partial charge in [-0.25, -0.2) is 0 Å². The normalized spacial score (nSPS) is 10.6. The number of hydrogen-bond acceptors (Lipinski definition) is 2. The fraction of sp³-hybridized carbons (Fsp3) is 0.462. The Morgan fingerprint density at radius 2 is 2.11 bits per heavy atom. The van der Waals surface area contributed by atoms with E-state index in [0.717, 1.165) is 11.8 Å². The molecule has 0 N–H and O–H groups in total. The molecule has 19 heavy (non-hydrogen) atoms. The van der Waals surface area contributed by atoms with Gasteiger partial charge in [0, 0.05) is 18.4 Å². The van der Waals surface area contributed by atoms with E-state index in [2.05, 4.69) is 20.7 Å². The van der Waals surface area contributed by atoms with E-state index in [9.17, 15) is 13.6 Å². The fourth-order valence-electron chi connectivity index (χ4n) is 1.67. The molecule has 1 rings (SSSR count). The fourth-order valence-corrected chi connectivity index (χ4v) is 1.92. The maximum atomic E-state index is 12.3. The third-order valence-electron chi connectivity index (χ3n) is 2.56. The Morgan fingerprint density at radius 1 is 1.42 bits per heavy atom. The average molecular weight is 336 g/mol. The van der Waals surface area contributed by atoms with E-state index in [4.69, 9.17) is 0 Å². The van der Waals surface area contributed by atoms with Crippen molar-refractivity contribution in [3.8, 4) is 5.75 Å². The van der Waals surface area contributed by atoms with Crippen molar-refractivity contribution in [2.75, 3.05) is 18.4 Å². The number of amides is 1. The molecule has 0 atom stereocenters. The summed E-state index contributed by atoms with van der Waals surface area (Å²) >= 11 is 3.30. The number of hydrogen-bond donors (Lipinski definition) is 0. The molecule has 1 aromatic rings. The van der Waals surface area contributed by atoms with Crippen LogP contribution in [-0.4, -0.2) is 35.8 Å². The first-order valence-corrected chi connectivity index (χ1v) is 7.11. The van der Waals surface area contributed by atoms with Gasteiger partial charge in [-0.2, -0.15) is 8.78 Å². The van der Waals surface area contributed by atoms with Crippen molar-refractivity contribution in [3.05, 3.63) is 29.8 Å². The quantitative estimate of drug-likeness (QED) is 0.713. The first-order valence-electron chi connectivity index (χ1n) is 5.99. The van der Waals surface area contributed by atoms with Crippen molar-refractivity contribution in [2.24, 2.45) is 0 Å². The van der Waals surface area contributed by atoms with Gasteiger partial charge in [-0.1, -0.05) is 28.1 Å². The van der Waals surface area contributed by atoms with Crippen molar-refractivity contribution in [2.45, 2.75) is 20.0 Å². The highest BCUT2D eigenvalue weighted by Gasteiger charge is 2.19. The summed E-state index contributed by atoms with van der Waals surface area (Å²) in [6.45, 7) is 0.00723.